The molecule has 154 valence electrons. The lowest BCUT2D eigenvalue weighted by atomic mass is 9.97. The van der Waals surface area contributed by atoms with E-state index in [1.807, 2.05) is 26.0 Å². The predicted octanol–water partition coefficient (Wildman–Crippen LogP) is 3.43. The maximum atomic E-state index is 13.0. The predicted molar refractivity (Wildman–Crippen MR) is 112 cm³/mol. The second-order valence-corrected chi connectivity index (χ2v) is 8.39. The highest BCUT2D eigenvalue weighted by Gasteiger charge is 2.23. The number of amides is 2. The van der Waals surface area contributed by atoms with Crippen molar-refractivity contribution in [2.24, 2.45) is 11.8 Å². The van der Waals surface area contributed by atoms with Crippen molar-refractivity contribution in [2.75, 3.05) is 36.5 Å². The van der Waals surface area contributed by atoms with E-state index in [-0.39, 0.29) is 23.8 Å². The summed E-state index contributed by atoms with van der Waals surface area (Å²) in [4.78, 5) is 27.4. The smallest absolute Gasteiger partial charge is 0.253 e. The maximum Gasteiger partial charge on any atom is 0.253 e. The molecule has 1 atom stereocenters. The van der Waals surface area contributed by atoms with Crippen LogP contribution in [0.2, 0.25) is 0 Å². The molecule has 28 heavy (non-hydrogen) atoms. The van der Waals surface area contributed by atoms with Gasteiger partial charge in [0.1, 0.15) is 0 Å². The van der Waals surface area contributed by atoms with Gasteiger partial charge in [0, 0.05) is 43.5 Å². The number of hydrogen-bond acceptors (Lipinski definition) is 4. The van der Waals surface area contributed by atoms with E-state index in [4.69, 9.17) is 4.74 Å². The van der Waals surface area contributed by atoms with Crippen molar-refractivity contribution in [1.82, 2.24) is 5.32 Å². The molecule has 0 saturated carbocycles. The lowest BCUT2D eigenvalue weighted by Crippen LogP contribution is -2.36. The summed E-state index contributed by atoms with van der Waals surface area (Å²) in [5.74, 6) is 0.452. The Bertz CT molecular complexity index is 690. The Morgan fingerprint density at radius 2 is 1.96 bits per heavy atom. The van der Waals surface area contributed by atoms with Gasteiger partial charge in [-0.2, -0.15) is 0 Å². The van der Waals surface area contributed by atoms with Gasteiger partial charge < -0.3 is 20.3 Å². The highest BCUT2D eigenvalue weighted by molar-refractivity contribution is 6.02. The number of hydrogen-bond donors (Lipinski definition) is 2. The molecule has 0 spiro atoms. The van der Waals surface area contributed by atoms with Crippen LogP contribution in [0.4, 0.5) is 11.4 Å². The fourth-order valence-corrected chi connectivity index (χ4v) is 3.71. The van der Waals surface area contributed by atoms with Crippen LogP contribution in [-0.2, 0) is 9.53 Å². The SMILES string of the molecule is CC1CCN(c2ccc(NC(=O)C(C)C)cc2C(=O)NC[C@@H]2CCCO2)CC1. The van der Waals surface area contributed by atoms with E-state index in [0.29, 0.717) is 17.8 Å². The standard InChI is InChI=1S/C22H33N3O3/c1-15(2)21(26)24-17-6-7-20(25-10-8-16(3)9-11-25)19(13-17)22(27)23-14-18-5-4-12-28-18/h6-7,13,15-16,18H,4-5,8-12,14H2,1-3H3,(H,23,27)(H,24,26)/t18-/m0/s1. The second kappa shape index (κ2) is 9.41. The van der Waals surface area contributed by atoms with E-state index < -0.39 is 0 Å². The lowest BCUT2D eigenvalue weighted by molar-refractivity contribution is -0.118. The zero-order chi connectivity index (χ0) is 20.1. The van der Waals surface area contributed by atoms with Crippen molar-refractivity contribution < 1.29 is 14.3 Å². The van der Waals surface area contributed by atoms with Crippen LogP contribution in [0.15, 0.2) is 18.2 Å². The first-order chi connectivity index (χ1) is 13.4. The van der Waals surface area contributed by atoms with Gasteiger partial charge >= 0.3 is 0 Å². The van der Waals surface area contributed by atoms with Gasteiger partial charge in [-0.3, -0.25) is 9.59 Å². The molecule has 6 nitrogen and oxygen atoms in total. The molecule has 0 aliphatic carbocycles. The van der Waals surface area contributed by atoms with Crippen molar-refractivity contribution in [3.8, 4) is 0 Å². The highest BCUT2D eigenvalue weighted by atomic mass is 16.5. The van der Waals surface area contributed by atoms with Crippen LogP contribution in [0.1, 0.15) is 56.8 Å². The van der Waals surface area contributed by atoms with E-state index >= 15 is 0 Å². The Balaban J connectivity index is 1.78. The molecule has 2 heterocycles. The third kappa shape index (κ3) is 5.25. The number of rotatable bonds is 6. The molecule has 2 amide bonds. The zero-order valence-electron chi connectivity index (χ0n) is 17.3. The minimum Gasteiger partial charge on any atom is -0.376 e. The molecule has 0 bridgehead atoms. The summed E-state index contributed by atoms with van der Waals surface area (Å²) in [6.45, 7) is 9.18. The van der Waals surface area contributed by atoms with Crippen LogP contribution in [-0.4, -0.2) is 44.2 Å². The molecular formula is C22H33N3O3. The van der Waals surface area contributed by atoms with E-state index in [1.165, 1.54) is 0 Å². The molecule has 0 radical (unpaired) electrons. The summed E-state index contributed by atoms with van der Waals surface area (Å²) in [5.41, 5.74) is 2.23. The third-order valence-corrected chi connectivity index (χ3v) is 5.67. The molecule has 0 unspecified atom stereocenters. The topological polar surface area (TPSA) is 70.7 Å². The van der Waals surface area contributed by atoms with Crippen molar-refractivity contribution in [3.05, 3.63) is 23.8 Å². The normalized spacial score (nSPS) is 20.4. The van der Waals surface area contributed by atoms with Crippen LogP contribution < -0.4 is 15.5 Å². The van der Waals surface area contributed by atoms with E-state index in [2.05, 4.69) is 22.5 Å². The van der Waals surface area contributed by atoms with Crippen LogP contribution in [0.25, 0.3) is 0 Å². The van der Waals surface area contributed by atoms with Gasteiger partial charge in [0.2, 0.25) is 5.91 Å². The molecule has 1 aromatic rings. The van der Waals surface area contributed by atoms with Gasteiger partial charge in [-0.05, 0) is 49.8 Å². The van der Waals surface area contributed by atoms with Crippen molar-refractivity contribution >= 4 is 23.2 Å². The molecule has 6 heteroatoms. The molecule has 3 rings (SSSR count). The van der Waals surface area contributed by atoms with Gasteiger partial charge in [-0.1, -0.05) is 20.8 Å². The van der Waals surface area contributed by atoms with Crippen molar-refractivity contribution in [2.45, 2.75) is 52.6 Å². The van der Waals surface area contributed by atoms with Crippen molar-refractivity contribution in [3.63, 3.8) is 0 Å². The largest absolute Gasteiger partial charge is 0.376 e. The number of carbonyl (C=O) groups excluding carboxylic acids is 2. The van der Waals surface area contributed by atoms with E-state index in [9.17, 15) is 9.59 Å². The Morgan fingerprint density at radius 1 is 1.21 bits per heavy atom. The molecule has 2 aliphatic rings. The van der Waals surface area contributed by atoms with E-state index in [1.54, 1.807) is 6.07 Å². The number of benzene rings is 1. The van der Waals surface area contributed by atoms with Gasteiger partial charge in [0.25, 0.3) is 5.91 Å². The minimum absolute atomic E-state index is 0.0507. The first kappa shape index (κ1) is 20.6. The molecular weight excluding hydrogens is 354 g/mol. The minimum atomic E-state index is -0.111. The third-order valence-electron chi connectivity index (χ3n) is 5.67. The summed E-state index contributed by atoms with van der Waals surface area (Å²) in [7, 11) is 0. The molecule has 2 aliphatic heterocycles. The average molecular weight is 388 g/mol. The van der Waals surface area contributed by atoms with Crippen LogP contribution in [0, 0.1) is 11.8 Å². The average Bonchev–Trinajstić information content (AvgIpc) is 3.20. The van der Waals surface area contributed by atoms with E-state index in [0.717, 1.165) is 57.0 Å². The summed E-state index contributed by atoms with van der Waals surface area (Å²) in [6, 6.07) is 5.66. The Hall–Kier alpha value is -2.08. The van der Waals surface area contributed by atoms with Gasteiger partial charge in [0.05, 0.1) is 11.7 Å². The Morgan fingerprint density at radius 3 is 2.61 bits per heavy atom. The molecule has 2 saturated heterocycles. The molecule has 1 aromatic carbocycles. The van der Waals surface area contributed by atoms with Crippen LogP contribution >= 0.6 is 0 Å². The molecule has 2 fully saturated rings. The summed E-state index contributed by atoms with van der Waals surface area (Å²) < 4.78 is 5.62. The second-order valence-electron chi connectivity index (χ2n) is 8.39. The van der Waals surface area contributed by atoms with Crippen LogP contribution in [0.3, 0.4) is 0 Å². The fraction of sp³-hybridized carbons (Fsp3) is 0.636. The molecule has 2 N–H and O–H groups in total. The number of nitrogens with one attached hydrogen (secondary N) is 2. The van der Waals surface area contributed by atoms with Gasteiger partial charge in [0.15, 0.2) is 0 Å². The van der Waals surface area contributed by atoms with Gasteiger partial charge in [-0.15, -0.1) is 0 Å². The summed E-state index contributed by atoms with van der Waals surface area (Å²) in [6.07, 6.45) is 4.40. The number of ether oxygens (including phenoxy) is 1. The van der Waals surface area contributed by atoms with Crippen molar-refractivity contribution in [1.29, 1.82) is 0 Å². The first-order valence-corrected chi connectivity index (χ1v) is 10.5. The Labute approximate surface area is 168 Å². The number of anilines is 2. The maximum absolute atomic E-state index is 13.0. The monoisotopic (exact) mass is 387 g/mol. The fourth-order valence-electron chi connectivity index (χ4n) is 3.71. The number of carbonyl (C=O) groups is 2. The highest BCUT2D eigenvalue weighted by Crippen LogP contribution is 2.29. The van der Waals surface area contributed by atoms with Crippen LogP contribution in [0.5, 0.6) is 0 Å². The Kier molecular flexibility index (Phi) is 6.94. The number of piperidine rings is 1. The lowest BCUT2D eigenvalue weighted by Gasteiger charge is -2.33. The quantitative estimate of drug-likeness (QED) is 0.785. The zero-order valence-corrected chi connectivity index (χ0v) is 17.3. The van der Waals surface area contributed by atoms with Gasteiger partial charge in [-0.25, -0.2) is 0 Å². The number of nitrogens with zero attached hydrogens (tertiary/aromatic N) is 1. The summed E-state index contributed by atoms with van der Waals surface area (Å²) in [5, 5.41) is 5.94. The first-order valence-electron chi connectivity index (χ1n) is 10.5. The summed E-state index contributed by atoms with van der Waals surface area (Å²) >= 11 is 0. The molecule has 0 aromatic heterocycles.